The van der Waals surface area contributed by atoms with Crippen LogP contribution in [0, 0.1) is 0 Å². The average molecular weight is 207 g/mol. The number of hydrogen-bond donors (Lipinski definition) is 1. The van der Waals surface area contributed by atoms with Gasteiger partial charge >= 0.3 is 6.09 Å². The van der Waals surface area contributed by atoms with E-state index in [0.717, 1.165) is 6.42 Å². The van der Waals surface area contributed by atoms with Crippen molar-refractivity contribution in [2.45, 2.75) is 19.6 Å². The van der Waals surface area contributed by atoms with Crippen LogP contribution in [0.4, 0.5) is 4.79 Å². The van der Waals surface area contributed by atoms with Gasteiger partial charge in [-0.1, -0.05) is 25.1 Å². The topological polar surface area (TPSA) is 49.8 Å². The van der Waals surface area contributed by atoms with E-state index >= 15 is 0 Å². The molecule has 0 saturated carbocycles. The van der Waals surface area contributed by atoms with Crippen LogP contribution in [0.3, 0.4) is 0 Å². The van der Waals surface area contributed by atoms with Crippen molar-refractivity contribution in [3.63, 3.8) is 0 Å². The summed E-state index contributed by atoms with van der Waals surface area (Å²) in [7, 11) is 0. The zero-order valence-electron chi connectivity index (χ0n) is 8.51. The molecule has 1 aromatic rings. The third kappa shape index (κ3) is 1.68. The quantitative estimate of drug-likeness (QED) is 0.805. The molecular formula is C11H13NO3. The summed E-state index contributed by atoms with van der Waals surface area (Å²) in [6.07, 6.45) is -0.584. The molecule has 0 saturated heterocycles. The van der Waals surface area contributed by atoms with Crippen molar-refractivity contribution >= 4 is 6.09 Å². The fourth-order valence-corrected chi connectivity index (χ4v) is 1.66. The third-order valence-electron chi connectivity index (χ3n) is 2.39. The van der Waals surface area contributed by atoms with Crippen molar-refractivity contribution in [1.82, 2.24) is 4.90 Å². The predicted molar refractivity (Wildman–Crippen MR) is 54.4 cm³/mol. The molecule has 1 aliphatic heterocycles. The van der Waals surface area contributed by atoms with Gasteiger partial charge in [0.05, 0.1) is 0 Å². The normalized spacial score (nSPS) is 19.7. The van der Waals surface area contributed by atoms with Crippen LogP contribution < -0.4 is 4.74 Å². The molecule has 15 heavy (non-hydrogen) atoms. The van der Waals surface area contributed by atoms with Crippen LogP contribution in [0.2, 0.25) is 0 Å². The Morgan fingerprint density at radius 3 is 2.93 bits per heavy atom. The Hall–Kier alpha value is -1.55. The number of fused-ring (bicyclic) bond motifs is 1. The minimum atomic E-state index is -0.887. The smallest absolute Gasteiger partial charge is 0.410 e. The van der Waals surface area contributed by atoms with Crippen LogP contribution in [0.1, 0.15) is 25.1 Å². The van der Waals surface area contributed by atoms with Crippen molar-refractivity contribution in [3.05, 3.63) is 29.8 Å². The molecule has 1 aliphatic rings. The standard InChI is InChI=1S/C11H13NO3/c1-2-7-12-10(13)8-5-3-4-6-9(8)15-11(12)14/h3-6,10,13H,2,7H2,1H3. The van der Waals surface area contributed by atoms with E-state index in [2.05, 4.69) is 0 Å². The molecule has 0 aliphatic carbocycles. The van der Waals surface area contributed by atoms with Crippen LogP contribution >= 0.6 is 0 Å². The molecule has 0 radical (unpaired) electrons. The maximum Gasteiger partial charge on any atom is 0.417 e. The molecule has 0 spiro atoms. The number of aliphatic hydroxyl groups is 1. The second-order valence-corrected chi connectivity index (χ2v) is 3.47. The fraction of sp³-hybridized carbons (Fsp3) is 0.364. The molecule has 0 fully saturated rings. The lowest BCUT2D eigenvalue weighted by Gasteiger charge is -2.32. The summed E-state index contributed by atoms with van der Waals surface area (Å²) in [6.45, 7) is 2.44. The number of amides is 1. The van der Waals surface area contributed by atoms with E-state index in [1.165, 1.54) is 4.90 Å². The zero-order valence-corrected chi connectivity index (χ0v) is 8.51. The van der Waals surface area contributed by atoms with Gasteiger partial charge in [0, 0.05) is 12.1 Å². The number of nitrogens with zero attached hydrogens (tertiary/aromatic N) is 1. The van der Waals surface area contributed by atoms with Crippen molar-refractivity contribution in [2.75, 3.05) is 6.54 Å². The first-order valence-electron chi connectivity index (χ1n) is 4.99. The summed E-state index contributed by atoms with van der Waals surface area (Å²) in [4.78, 5) is 12.8. The highest BCUT2D eigenvalue weighted by Crippen LogP contribution is 2.32. The van der Waals surface area contributed by atoms with Crippen molar-refractivity contribution in [3.8, 4) is 5.75 Å². The lowest BCUT2D eigenvalue weighted by atomic mass is 10.1. The van der Waals surface area contributed by atoms with Gasteiger partial charge < -0.3 is 9.84 Å². The summed E-state index contributed by atoms with van der Waals surface area (Å²) in [5, 5.41) is 9.95. The molecular weight excluding hydrogens is 194 g/mol. The Bertz CT molecular complexity index is 378. The maximum absolute atomic E-state index is 11.5. The number of hydrogen-bond acceptors (Lipinski definition) is 3. The van der Waals surface area contributed by atoms with Crippen molar-refractivity contribution < 1.29 is 14.6 Å². The van der Waals surface area contributed by atoms with Crippen molar-refractivity contribution in [1.29, 1.82) is 0 Å². The van der Waals surface area contributed by atoms with E-state index in [0.29, 0.717) is 17.9 Å². The van der Waals surface area contributed by atoms with Gasteiger partial charge in [-0.25, -0.2) is 4.79 Å². The Kier molecular flexibility index (Phi) is 2.60. The second-order valence-electron chi connectivity index (χ2n) is 3.47. The van der Waals surface area contributed by atoms with Gasteiger partial charge in [-0.2, -0.15) is 0 Å². The fourth-order valence-electron chi connectivity index (χ4n) is 1.66. The van der Waals surface area contributed by atoms with Crippen LogP contribution in [0.15, 0.2) is 24.3 Å². The highest BCUT2D eigenvalue weighted by atomic mass is 16.6. The van der Waals surface area contributed by atoms with Crippen LogP contribution in [-0.2, 0) is 0 Å². The first-order valence-corrected chi connectivity index (χ1v) is 4.99. The number of carbonyl (C=O) groups is 1. The molecule has 80 valence electrons. The molecule has 1 amide bonds. The van der Waals surface area contributed by atoms with E-state index in [-0.39, 0.29) is 0 Å². The Balaban J connectivity index is 2.34. The van der Waals surface area contributed by atoms with E-state index in [9.17, 15) is 9.90 Å². The number of carbonyl (C=O) groups excluding carboxylic acids is 1. The first kappa shape index (κ1) is 9.98. The molecule has 2 rings (SSSR count). The summed E-state index contributed by atoms with van der Waals surface area (Å²) >= 11 is 0. The Morgan fingerprint density at radius 1 is 1.47 bits per heavy atom. The highest BCUT2D eigenvalue weighted by Gasteiger charge is 2.31. The van der Waals surface area contributed by atoms with Crippen LogP contribution in [0.25, 0.3) is 0 Å². The van der Waals surface area contributed by atoms with Crippen LogP contribution in [-0.4, -0.2) is 22.6 Å². The number of rotatable bonds is 2. The molecule has 4 heteroatoms. The molecule has 1 atom stereocenters. The highest BCUT2D eigenvalue weighted by molar-refractivity contribution is 5.74. The zero-order chi connectivity index (χ0) is 10.8. The van der Waals surface area contributed by atoms with Gasteiger partial charge in [0.15, 0.2) is 6.23 Å². The second kappa shape index (κ2) is 3.90. The molecule has 4 nitrogen and oxygen atoms in total. The molecule has 0 aromatic heterocycles. The minimum Gasteiger partial charge on any atom is -0.410 e. The molecule has 1 heterocycles. The van der Waals surface area contributed by atoms with Gasteiger partial charge in [-0.3, -0.25) is 4.90 Å². The SMILES string of the molecule is CCCN1C(=O)Oc2ccccc2C1O. The summed E-state index contributed by atoms with van der Waals surface area (Å²) in [6, 6.07) is 7.02. The van der Waals surface area contributed by atoms with Crippen LogP contribution in [0.5, 0.6) is 5.75 Å². The van der Waals surface area contributed by atoms with Gasteiger partial charge in [0.2, 0.25) is 0 Å². The molecule has 1 unspecified atom stereocenters. The van der Waals surface area contributed by atoms with E-state index in [4.69, 9.17) is 4.74 Å². The van der Waals surface area contributed by atoms with Gasteiger partial charge in [-0.15, -0.1) is 0 Å². The molecule has 1 N–H and O–H groups in total. The Morgan fingerprint density at radius 2 is 2.20 bits per heavy atom. The van der Waals surface area contributed by atoms with E-state index in [1.54, 1.807) is 18.2 Å². The monoisotopic (exact) mass is 207 g/mol. The van der Waals surface area contributed by atoms with E-state index < -0.39 is 12.3 Å². The summed E-state index contributed by atoms with van der Waals surface area (Å²) < 4.78 is 5.09. The minimum absolute atomic E-state index is 0.447. The Labute approximate surface area is 88.1 Å². The molecule has 0 bridgehead atoms. The summed E-state index contributed by atoms with van der Waals surface area (Å²) in [5.74, 6) is 0.447. The van der Waals surface area contributed by atoms with Gasteiger partial charge in [-0.05, 0) is 12.5 Å². The number of benzene rings is 1. The molecule has 1 aromatic carbocycles. The average Bonchev–Trinajstić information content (AvgIpc) is 2.24. The number of aliphatic hydroxyl groups excluding tert-OH is 1. The largest absolute Gasteiger partial charge is 0.417 e. The lowest BCUT2D eigenvalue weighted by molar-refractivity contribution is -0.000360. The van der Waals surface area contributed by atoms with Gasteiger partial charge in [0.1, 0.15) is 5.75 Å². The first-order chi connectivity index (χ1) is 7.24. The predicted octanol–water partition coefficient (Wildman–Crippen LogP) is 1.90. The number of para-hydroxylation sites is 1. The third-order valence-corrected chi connectivity index (χ3v) is 2.39. The number of ether oxygens (including phenoxy) is 1. The summed E-state index contributed by atoms with van der Waals surface area (Å²) in [5.41, 5.74) is 0.644. The van der Waals surface area contributed by atoms with Crippen molar-refractivity contribution in [2.24, 2.45) is 0 Å². The maximum atomic E-state index is 11.5. The van der Waals surface area contributed by atoms with E-state index in [1.807, 2.05) is 13.0 Å². The lowest BCUT2D eigenvalue weighted by Crippen LogP contribution is -2.41. The van der Waals surface area contributed by atoms with Gasteiger partial charge in [0.25, 0.3) is 0 Å².